The van der Waals surface area contributed by atoms with Gasteiger partial charge in [-0.25, -0.2) is 16.8 Å². The summed E-state index contributed by atoms with van der Waals surface area (Å²) in [6.07, 6.45) is -1.08. The van der Waals surface area contributed by atoms with Gasteiger partial charge in [0.25, 0.3) is 0 Å². The van der Waals surface area contributed by atoms with Gasteiger partial charge in [-0.15, -0.1) is 0 Å². The molecule has 9 heteroatoms. The van der Waals surface area contributed by atoms with E-state index in [-0.39, 0.29) is 29.4 Å². The van der Waals surface area contributed by atoms with E-state index in [1.165, 1.54) is 6.07 Å². The molecule has 2 rings (SSSR count). The first kappa shape index (κ1) is 19.3. The van der Waals surface area contributed by atoms with Crippen LogP contribution >= 0.6 is 0 Å². The summed E-state index contributed by atoms with van der Waals surface area (Å²) in [5.74, 6) is -0.346. The molecule has 24 heavy (non-hydrogen) atoms. The van der Waals surface area contributed by atoms with Crippen molar-refractivity contribution in [3.05, 3.63) is 29.3 Å². The average molecular weight is 377 g/mol. The minimum absolute atomic E-state index is 0.0776. The van der Waals surface area contributed by atoms with E-state index in [1.54, 1.807) is 19.1 Å². The quantitative estimate of drug-likeness (QED) is 0.712. The minimum Gasteiger partial charge on any atom is -0.394 e. The van der Waals surface area contributed by atoms with Crippen LogP contribution in [-0.4, -0.2) is 68.2 Å². The van der Waals surface area contributed by atoms with Crippen molar-refractivity contribution in [1.29, 1.82) is 0 Å². The average Bonchev–Trinajstić information content (AvgIpc) is 2.83. The molecule has 2 N–H and O–H groups in total. The summed E-state index contributed by atoms with van der Waals surface area (Å²) >= 11 is 0. The van der Waals surface area contributed by atoms with Gasteiger partial charge in [0.1, 0.15) is 0 Å². The SMILES string of the molecule is Cc1ccc(S(=O)(=O)N(C[C@H](O)CO)[C@H]2CCS(=O)(=O)C2)c(C)c1. The topological polar surface area (TPSA) is 112 Å². The van der Waals surface area contributed by atoms with Gasteiger partial charge in [0.2, 0.25) is 10.0 Å². The Morgan fingerprint density at radius 1 is 1.33 bits per heavy atom. The van der Waals surface area contributed by atoms with E-state index in [0.29, 0.717) is 5.56 Å². The fraction of sp³-hybridized carbons (Fsp3) is 0.600. The highest BCUT2D eigenvalue weighted by Crippen LogP contribution is 2.27. The van der Waals surface area contributed by atoms with Crippen LogP contribution in [0.2, 0.25) is 0 Å². The highest BCUT2D eigenvalue weighted by molar-refractivity contribution is 7.92. The molecule has 0 aromatic heterocycles. The zero-order chi connectivity index (χ0) is 18.1. The van der Waals surface area contributed by atoms with Crippen molar-refractivity contribution in [3.8, 4) is 0 Å². The number of hydrogen-bond donors (Lipinski definition) is 2. The number of aryl methyl sites for hydroxylation is 2. The lowest BCUT2D eigenvalue weighted by Gasteiger charge is -2.29. The number of aliphatic hydroxyl groups is 2. The maximum absolute atomic E-state index is 13.1. The first-order valence-corrected chi connectivity index (χ1v) is 10.9. The van der Waals surface area contributed by atoms with E-state index in [0.717, 1.165) is 9.87 Å². The monoisotopic (exact) mass is 377 g/mol. The Hall–Kier alpha value is -1.00. The third-order valence-corrected chi connectivity index (χ3v) is 7.96. The molecule has 0 unspecified atom stereocenters. The van der Waals surface area contributed by atoms with Crippen molar-refractivity contribution >= 4 is 19.9 Å². The number of benzene rings is 1. The molecule has 0 aliphatic carbocycles. The molecule has 0 amide bonds. The molecular weight excluding hydrogens is 354 g/mol. The second-order valence-electron chi connectivity index (χ2n) is 6.24. The Morgan fingerprint density at radius 2 is 2.00 bits per heavy atom. The van der Waals surface area contributed by atoms with E-state index in [1.807, 2.05) is 6.92 Å². The lowest BCUT2D eigenvalue weighted by atomic mass is 10.2. The molecular formula is C15H23NO6S2. The zero-order valence-electron chi connectivity index (χ0n) is 13.7. The van der Waals surface area contributed by atoms with Gasteiger partial charge in [-0.05, 0) is 31.9 Å². The van der Waals surface area contributed by atoms with Gasteiger partial charge >= 0.3 is 0 Å². The standard InChI is InChI=1S/C15H23NO6S2/c1-11-3-4-15(12(2)7-11)24(21,22)16(8-14(18)9-17)13-5-6-23(19,20)10-13/h3-4,7,13-14,17-18H,5-6,8-10H2,1-2H3/t13-,14-/m0/s1. The van der Waals surface area contributed by atoms with Crippen molar-refractivity contribution in [2.45, 2.75) is 37.3 Å². The van der Waals surface area contributed by atoms with Gasteiger partial charge in [0.05, 0.1) is 29.1 Å². The van der Waals surface area contributed by atoms with Crippen LogP contribution < -0.4 is 0 Å². The van der Waals surface area contributed by atoms with E-state index in [9.17, 15) is 21.9 Å². The largest absolute Gasteiger partial charge is 0.394 e. The van der Waals surface area contributed by atoms with Crippen LogP contribution in [-0.2, 0) is 19.9 Å². The molecule has 1 aromatic rings. The molecule has 1 aliphatic rings. The second kappa shape index (κ2) is 7.09. The predicted molar refractivity (Wildman–Crippen MR) is 90.0 cm³/mol. The fourth-order valence-electron chi connectivity index (χ4n) is 2.93. The van der Waals surface area contributed by atoms with Gasteiger partial charge in [-0.3, -0.25) is 0 Å². The Balaban J connectivity index is 2.45. The molecule has 1 aliphatic heterocycles. The Kier molecular flexibility index (Phi) is 5.71. The summed E-state index contributed by atoms with van der Waals surface area (Å²) in [7, 11) is -7.28. The normalized spacial score (nSPS) is 22.0. The summed E-state index contributed by atoms with van der Waals surface area (Å²) < 4.78 is 50.6. The van der Waals surface area contributed by atoms with Crippen molar-refractivity contribution in [2.24, 2.45) is 0 Å². The van der Waals surface area contributed by atoms with Crippen molar-refractivity contribution in [2.75, 3.05) is 24.7 Å². The molecule has 1 heterocycles. The summed E-state index contributed by atoms with van der Waals surface area (Å²) in [5.41, 5.74) is 1.47. The zero-order valence-corrected chi connectivity index (χ0v) is 15.3. The predicted octanol–water partition coefficient (Wildman–Crippen LogP) is -0.166. The van der Waals surface area contributed by atoms with Gasteiger partial charge in [-0.2, -0.15) is 4.31 Å². The lowest BCUT2D eigenvalue weighted by molar-refractivity contribution is 0.0730. The first-order chi connectivity index (χ1) is 11.1. The molecule has 1 aromatic carbocycles. The number of sulfonamides is 1. The smallest absolute Gasteiger partial charge is 0.243 e. The molecule has 2 atom stereocenters. The fourth-order valence-corrected chi connectivity index (χ4v) is 6.65. The van der Waals surface area contributed by atoms with E-state index < -0.39 is 38.6 Å². The van der Waals surface area contributed by atoms with E-state index in [2.05, 4.69) is 0 Å². The highest BCUT2D eigenvalue weighted by Gasteiger charge is 2.40. The Bertz CT molecular complexity index is 803. The molecule has 0 spiro atoms. The summed E-state index contributed by atoms with van der Waals surface area (Å²) in [6, 6.07) is 4.16. The number of sulfone groups is 1. The van der Waals surface area contributed by atoms with Crippen LogP contribution in [0.15, 0.2) is 23.1 Å². The van der Waals surface area contributed by atoms with Crippen molar-refractivity contribution in [1.82, 2.24) is 4.31 Å². The van der Waals surface area contributed by atoms with Crippen LogP contribution in [0.4, 0.5) is 0 Å². The van der Waals surface area contributed by atoms with Crippen molar-refractivity contribution < 1.29 is 27.0 Å². The van der Waals surface area contributed by atoms with E-state index >= 15 is 0 Å². The maximum atomic E-state index is 13.1. The summed E-state index contributed by atoms with van der Waals surface area (Å²) in [6.45, 7) is 2.58. The van der Waals surface area contributed by atoms with Gasteiger partial charge in [0.15, 0.2) is 9.84 Å². The molecule has 136 valence electrons. The lowest BCUT2D eigenvalue weighted by Crippen LogP contribution is -2.46. The maximum Gasteiger partial charge on any atom is 0.243 e. The van der Waals surface area contributed by atoms with E-state index in [4.69, 9.17) is 5.11 Å². The molecule has 7 nitrogen and oxygen atoms in total. The molecule has 1 fully saturated rings. The number of rotatable bonds is 6. The number of aliphatic hydroxyl groups excluding tert-OH is 2. The summed E-state index contributed by atoms with van der Waals surface area (Å²) in [5, 5.41) is 18.8. The van der Waals surface area contributed by atoms with Crippen LogP contribution in [0.1, 0.15) is 17.5 Å². The molecule has 1 saturated heterocycles. The van der Waals surface area contributed by atoms with Gasteiger partial charge < -0.3 is 10.2 Å². The Labute approximate surface area is 142 Å². The highest BCUT2D eigenvalue weighted by atomic mass is 32.2. The third kappa shape index (κ3) is 4.15. The first-order valence-electron chi connectivity index (χ1n) is 7.65. The molecule has 0 saturated carbocycles. The van der Waals surface area contributed by atoms with Gasteiger partial charge in [0, 0.05) is 12.6 Å². The van der Waals surface area contributed by atoms with Crippen LogP contribution in [0, 0.1) is 13.8 Å². The van der Waals surface area contributed by atoms with Crippen LogP contribution in [0.5, 0.6) is 0 Å². The second-order valence-corrected chi connectivity index (χ2v) is 10.3. The third-order valence-electron chi connectivity index (χ3n) is 4.13. The van der Waals surface area contributed by atoms with Crippen LogP contribution in [0.3, 0.4) is 0 Å². The molecule has 0 bridgehead atoms. The van der Waals surface area contributed by atoms with Gasteiger partial charge in [-0.1, -0.05) is 17.7 Å². The molecule has 0 radical (unpaired) electrons. The van der Waals surface area contributed by atoms with Crippen LogP contribution in [0.25, 0.3) is 0 Å². The van der Waals surface area contributed by atoms with Crippen molar-refractivity contribution in [3.63, 3.8) is 0 Å². The minimum atomic E-state index is -3.99. The number of hydrogen-bond acceptors (Lipinski definition) is 6. The number of nitrogens with zero attached hydrogens (tertiary/aromatic N) is 1. The Morgan fingerprint density at radius 3 is 2.50 bits per heavy atom. The summed E-state index contributed by atoms with van der Waals surface area (Å²) in [4.78, 5) is 0.0857.